The van der Waals surface area contributed by atoms with E-state index in [1.807, 2.05) is 0 Å². The van der Waals surface area contributed by atoms with Gasteiger partial charge < -0.3 is 12.2 Å². The summed E-state index contributed by atoms with van der Waals surface area (Å²) >= 11 is 10.5. The fourth-order valence-electron chi connectivity index (χ4n) is 0.793. The molecular formula is C6H14PS2-. The molecule has 0 saturated heterocycles. The fraction of sp³-hybridized carbons (Fsp3) is 1.00. The molecule has 0 aliphatic rings. The first-order valence-electron chi connectivity index (χ1n) is 3.41. The molecule has 0 radical (unpaired) electrons. The first-order chi connectivity index (χ1) is 4.12. The lowest BCUT2D eigenvalue weighted by Gasteiger charge is -2.27. The van der Waals surface area contributed by atoms with E-state index in [4.69, 9.17) is 24.1 Å². The summed E-state index contributed by atoms with van der Waals surface area (Å²) in [6.07, 6.45) is 4.57. The molecule has 0 aliphatic heterocycles. The van der Waals surface area contributed by atoms with E-state index in [2.05, 4.69) is 13.8 Å². The second-order valence-corrected chi connectivity index (χ2v) is 9.67. The predicted molar refractivity (Wildman–Crippen MR) is 52.0 cm³/mol. The van der Waals surface area contributed by atoms with E-state index in [9.17, 15) is 0 Å². The molecule has 0 spiro atoms. The van der Waals surface area contributed by atoms with Crippen LogP contribution in [0.3, 0.4) is 0 Å². The van der Waals surface area contributed by atoms with Gasteiger partial charge in [-0.1, -0.05) is 26.7 Å². The standard InChI is InChI=1S/C6H15PS2/c1-3-5-7(8,9)6-4-2/h3-6H2,1-2H3,(H,8,9)/p-1. The van der Waals surface area contributed by atoms with Crippen molar-refractivity contribution in [3.05, 3.63) is 0 Å². The molecule has 56 valence electrons. The summed E-state index contributed by atoms with van der Waals surface area (Å²) < 4.78 is 0. The Morgan fingerprint density at radius 1 is 1.22 bits per heavy atom. The van der Waals surface area contributed by atoms with E-state index in [1.54, 1.807) is 0 Å². The van der Waals surface area contributed by atoms with Gasteiger partial charge in [-0.3, -0.25) is 0 Å². The van der Waals surface area contributed by atoms with E-state index in [1.165, 1.54) is 12.8 Å². The zero-order valence-corrected chi connectivity index (χ0v) is 8.62. The third kappa shape index (κ3) is 5.44. The van der Waals surface area contributed by atoms with E-state index >= 15 is 0 Å². The molecule has 9 heavy (non-hydrogen) atoms. The average Bonchev–Trinajstić information content (AvgIpc) is 1.64. The Morgan fingerprint density at radius 2 is 1.56 bits per heavy atom. The maximum absolute atomic E-state index is 5.27. The second kappa shape index (κ2) is 4.76. The summed E-state index contributed by atoms with van der Waals surface area (Å²) in [5.74, 6) is 0. The summed E-state index contributed by atoms with van der Waals surface area (Å²) in [5, 5.41) is -1.28. The van der Waals surface area contributed by atoms with Gasteiger partial charge in [-0.15, -0.1) is 11.8 Å². The van der Waals surface area contributed by atoms with Gasteiger partial charge in [0.2, 0.25) is 0 Å². The number of hydrogen-bond acceptors (Lipinski definition) is 2. The molecule has 0 aromatic rings. The van der Waals surface area contributed by atoms with Crippen molar-refractivity contribution in [2.45, 2.75) is 26.7 Å². The molecule has 3 heteroatoms. The van der Waals surface area contributed by atoms with E-state index < -0.39 is 5.24 Å². The molecule has 0 N–H and O–H groups in total. The molecule has 0 amide bonds. The van der Waals surface area contributed by atoms with Gasteiger partial charge in [0.05, 0.1) is 0 Å². The van der Waals surface area contributed by atoms with Crippen LogP contribution in [0.15, 0.2) is 0 Å². The Bertz CT molecular complexity index is 102. The van der Waals surface area contributed by atoms with Crippen LogP contribution in [0.4, 0.5) is 0 Å². The lowest BCUT2D eigenvalue weighted by molar-refractivity contribution is 1.06. The molecule has 0 rings (SSSR count). The Hall–Kier alpha value is 1.00. The highest BCUT2D eigenvalue weighted by molar-refractivity contribution is 8.55. The molecule has 0 heterocycles. The Balaban J connectivity index is 3.58. The SMILES string of the molecule is CCCP(=S)([S-])CCC. The molecule has 0 unspecified atom stereocenters. The third-order valence-corrected chi connectivity index (χ3v) is 5.58. The molecule has 0 aromatic carbocycles. The molecule has 0 aliphatic carbocycles. The summed E-state index contributed by atoms with van der Waals surface area (Å²) in [5.41, 5.74) is 0. The van der Waals surface area contributed by atoms with Crippen molar-refractivity contribution < 1.29 is 0 Å². The van der Waals surface area contributed by atoms with Gasteiger partial charge in [0.25, 0.3) is 0 Å². The van der Waals surface area contributed by atoms with Crippen LogP contribution in [0.25, 0.3) is 0 Å². The number of hydrogen-bond donors (Lipinski definition) is 0. The highest BCUT2D eigenvalue weighted by Gasteiger charge is 1.95. The number of rotatable bonds is 4. The van der Waals surface area contributed by atoms with Crippen molar-refractivity contribution in [2.24, 2.45) is 0 Å². The molecule has 0 bridgehead atoms. The van der Waals surface area contributed by atoms with Crippen LogP contribution in [-0.2, 0) is 24.1 Å². The van der Waals surface area contributed by atoms with Gasteiger partial charge in [-0.25, -0.2) is 0 Å². The monoisotopic (exact) mass is 181 g/mol. The minimum atomic E-state index is -1.28. The van der Waals surface area contributed by atoms with Gasteiger partial charge in [0.15, 0.2) is 0 Å². The minimum Gasteiger partial charge on any atom is -0.746 e. The normalized spacial score (nSPS) is 11.9. The van der Waals surface area contributed by atoms with Gasteiger partial charge in [0, 0.05) is 0 Å². The second-order valence-electron chi connectivity index (χ2n) is 2.26. The Morgan fingerprint density at radius 3 is 1.78 bits per heavy atom. The van der Waals surface area contributed by atoms with Crippen LogP contribution in [0.5, 0.6) is 0 Å². The van der Waals surface area contributed by atoms with E-state index in [0.29, 0.717) is 0 Å². The van der Waals surface area contributed by atoms with Crippen molar-refractivity contribution in [3.63, 3.8) is 0 Å². The van der Waals surface area contributed by atoms with Crippen molar-refractivity contribution in [1.82, 2.24) is 0 Å². The van der Waals surface area contributed by atoms with Gasteiger partial charge in [0.1, 0.15) is 0 Å². The van der Waals surface area contributed by atoms with Crippen molar-refractivity contribution in [2.75, 3.05) is 12.3 Å². The summed E-state index contributed by atoms with van der Waals surface area (Å²) in [7, 11) is 0. The average molecular weight is 181 g/mol. The van der Waals surface area contributed by atoms with Gasteiger partial charge in [-0.2, -0.15) is 5.24 Å². The predicted octanol–water partition coefficient (Wildman–Crippen LogP) is 2.75. The van der Waals surface area contributed by atoms with E-state index in [-0.39, 0.29) is 0 Å². The first kappa shape index (κ1) is 10.0. The Kier molecular flexibility index (Phi) is 5.29. The lowest BCUT2D eigenvalue weighted by Crippen LogP contribution is -1.88. The van der Waals surface area contributed by atoms with Crippen LogP contribution in [0.2, 0.25) is 0 Å². The quantitative estimate of drug-likeness (QED) is 0.483. The smallest absolute Gasteiger partial charge is 0.0441 e. The fourth-order valence-corrected chi connectivity index (χ4v) is 4.57. The highest BCUT2D eigenvalue weighted by atomic mass is 32.9. The highest BCUT2D eigenvalue weighted by Crippen LogP contribution is 2.44. The van der Waals surface area contributed by atoms with Crippen LogP contribution in [0, 0.1) is 0 Å². The molecule has 0 atom stereocenters. The molecule has 0 fully saturated rings. The Labute approximate surface area is 68.6 Å². The zero-order valence-electron chi connectivity index (χ0n) is 6.09. The molecule has 0 nitrogen and oxygen atoms in total. The van der Waals surface area contributed by atoms with Crippen molar-refractivity contribution in [1.29, 1.82) is 0 Å². The topological polar surface area (TPSA) is 0 Å². The lowest BCUT2D eigenvalue weighted by atomic mass is 10.6. The zero-order chi connectivity index (χ0) is 7.33. The van der Waals surface area contributed by atoms with Gasteiger partial charge >= 0.3 is 0 Å². The van der Waals surface area contributed by atoms with Crippen molar-refractivity contribution >= 4 is 29.3 Å². The molecule has 0 saturated carbocycles. The maximum atomic E-state index is 5.27. The molecular weight excluding hydrogens is 167 g/mol. The first-order valence-corrected chi connectivity index (χ1v) is 7.60. The summed E-state index contributed by atoms with van der Waals surface area (Å²) in [6.45, 7) is 4.31. The molecule has 0 aromatic heterocycles. The minimum absolute atomic E-state index is 1.12. The van der Waals surface area contributed by atoms with Crippen LogP contribution < -0.4 is 0 Å². The summed E-state index contributed by atoms with van der Waals surface area (Å²) in [6, 6.07) is 0. The van der Waals surface area contributed by atoms with Crippen molar-refractivity contribution in [3.8, 4) is 0 Å². The maximum Gasteiger partial charge on any atom is -0.0441 e. The van der Waals surface area contributed by atoms with Crippen LogP contribution in [-0.4, -0.2) is 12.3 Å². The van der Waals surface area contributed by atoms with E-state index in [0.717, 1.165) is 12.3 Å². The summed E-state index contributed by atoms with van der Waals surface area (Å²) in [4.78, 5) is 0. The third-order valence-electron chi connectivity index (χ3n) is 1.13. The van der Waals surface area contributed by atoms with Crippen LogP contribution in [0.1, 0.15) is 26.7 Å². The largest absolute Gasteiger partial charge is 0.746 e. The van der Waals surface area contributed by atoms with Crippen LogP contribution >= 0.6 is 5.24 Å². The van der Waals surface area contributed by atoms with Gasteiger partial charge in [-0.05, 0) is 12.3 Å².